The van der Waals surface area contributed by atoms with Gasteiger partial charge in [-0.2, -0.15) is 0 Å². The van der Waals surface area contributed by atoms with Crippen molar-refractivity contribution in [2.75, 3.05) is 7.11 Å². The first-order valence-electron chi connectivity index (χ1n) is 5.49. The second kappa shape index (κ2) is 6.91. The number of rotatable bonds is 6. The summed E-state index contributed by atoms with van der Waals surface area (Å²) in [7, 11) is 1.65. The van der Waals surface area contributed by atoms with Gasteiger partial charge in [0.2, 0.25) is 0 Å². The Kier molecular flexibility index (Phi) is 5.85. The number of hydrogen-bond acceptors (Lipinski definition) is 3. The van der Waals surface area contributed by atoms with Gasteiger partial charge in [0, 0.05) is 13.2 Å². The zero-order chi connectivity index (χ0) is 12.8. The zero-order valence-corrected chi connectivity index (χ0v) is 10.8. The average Bonchev–Trinajstić information content (AvgIpc) is 2.32. The monoisotopic (exact) mass is 260 g/mol. The number of benzene rings is 1. The highest BCUT2D eigenvalue weighted by molar-refractivity contribution is 6.30. The largest absolute Gasteiger partial charge is 0.382 e. The summed E-state index contributed by atoms with van der Waals surface area (Å²) in [6.07, 6.45) is 1.50. The molecule has 3 N–H and O–H groups in total. The van der Waals surface area contributed by atoms with Gasteiger partial charge in [0.15, 0.2) is 0 Å². The third-order valence-corrected chi connectivity index (χ3v) is 3.03. The van der Waals surface area contributed by atoms with Crippen LogP contribution in [0.4, 0.5) is 4.39 Å². The molecule has 0 amide bonds. The minimum Gasteiger partial charge on any atom is -0.382 e. The normalized spacial score (nSPS) is 14.6. The first-order chi connectivity index (χ1) is 8.06. The molecule has 1 aromatic carbocycles. The predicted molar refractivity (Wildman–Crippen MR) is 67.3 cm³/mol. The van der Waals surface area contributed by atoms with E-state index >= 15 is 0 Å². The lowest BCUT2D eigenvalue weighted by Gasteiger charge is -2.19. The molecule has 1 rings (SSSR count). The van der Waals surface area contributed by atoms with Crippen molar-refractivity contribution in [3.63, 3.8) is 0 Å². The van der Waals surface area contributed by atoms with Crippen molar-refractivity contribution in [1.82, 2.24) is 5.43 Å². The van der Waals surface area contributed by atoms with Crippen molar-refractivity contribution < 1.29 is 9.13 Å². The van der Waals surface area contributed by atoms with Crippen LogP contribution in [0.25, 0.3) is 0 Å². The Labute approximate surface area is 106 Å². The zero-order valence-electron chi connectivity index (χ0n) is 10.0. The van der Waals surface area contributed by atoms with Gasteiger partial charge in [-0.15, -0.1) is 0 Å². The van der Waals surface area contributed by atoms with Crippen LogP contribution in [-0.4, -0.2) is 19.3 Å². The van der Waals surface area contributed by atoms with Gasteiger partial charge in [-0.3, -0.25) is 11.3 Å². The number of hydrazine groups is 1. The van der Waals surface area contributed by atoms with E-state index in [9.17, 15) is 4.39 Å². The highest BCUT2D eigenvalue weighted by Gasteiger charge is 2.13. The number of ether oxygens (including phenoxy) is 1. The molecular weight excluding hydrogens is 243 g/mol. The maximum absolute atomic E-state index is 13.3. The summed E-state index contributed by atoms with van der Waals surface area (Å²) in [5.41, 5.74) is 3.57. The van der Waals surface area contributed by atoms with E-state index in [0.717, 1.165) is 12.0 Å². The van der Waals surface area contributed by atoms with Crippen LogP contribution in [0.15, 0.2) is 18.2 Å². The standard InChI is InChI=1S/C12H18ClFN2O/c1-8(17-2)5-10(16-15)6-9-3-4-11(13)12(14)7-9/h3-4,7-8,10,16H,5-6,15H2,1-2H3. The first-order valence-corrected chi connectivity index (χ1v) is 5.87. The summed E-state index contributed by atoms with van der Waals surface area (Å²) in [4.78, 5) is 0. The second-order valence-electron chi connectivity index (χ2n) is 4.10. The molecule has 0 saturated heterocycles. The molecule has 0 fully saturated rings. The molecule has 0 spiro atoms. The van der Waals surface area contributed by atoms with Crippen molar-refractivity contribution in [2.45, 2.75) is 31.9 Å². The maximum atomic E-state index is 13.3. The Morgan fingerprint density at radius 2 is 2.24 bits per heavy atom. The molecule has 0 heterocycles. The van der Waals surface area contributed by atoms with Crippen LogP contribution in [0.1, 0.15) is 18.9 Å². The minimum atomic E-state index is -0.403. The molecule has 0 bridgehead atoms. The summed E-state index contributed by atoms with van der Waals surface area (Å²) < 4.78 is 18.4. The van der Waals surface area contributed by atoms with Crippen LogP contribution in [0.5, 0.6) is 0 Å². The van der Waals surface area contributed by atoms with Crippen molar-refractivity contribution in [1.29, 1.82) is 0 Å². The van der Waals surface area contributed by atoms with Crippen molar-refractivity contribution in [2.24, 2.45) is 5.84 Å². The number of nitrogens with two attached hydrogens (primary N) is 1. The number of nitrogens with one attached hydrogen (secondary N) is 1. The molecule has 2 atom stereocenters. The minimum absolute atomic E-state index is 0.0468. The van der Waals surface area contributed by atoms with E-state index in [2.05, 4.69) is 5.43 Å². The summed E-state index contributed by atoms with van der Waals surface area (Å²) in [5, 5.41) is 0.135. The van der Waals surface area contributed by atoms with Gasteiger partial charge in [-0.05, 0) is 37.5 Å². The van der Waals surface area contributed by atoms with E-state index < -0.39 is 5.82 Å². The van der Waals surface area contributed by atoms with E-state index in [1.165, 1.54) is 6.07 Å². The smallest absolute Gasteiger partial charge is 0.142 e. The molecule has 1 aromatic rings. The molecule has 17 heavy (non-hydrogen) atoms. The fraction of sp³-hybridized carbons (Fsp3) is 0.500. The topological polar surface area (TPSA) is 47.3 Å². The van der Waals surface area contributed by atoms with Gasteiger partial charge in [-0.25, -0.2) is 4.39 Å². The molecule has 5 heteroatoms. The summed E-state index contributed by atoms with van der Waals surface area (Å²) in [5.74, 6) is 5.06. The second-order valence-corrected chi connectivity index (χ2v) is 4.51. The van der Waals surface area contributed by atoms with E-state index in [1.54, 1.807) is 19.2 Å². The lowest BCUT2D eigenvalue weighted by Crippen LogP contribution is -2.39. The molecule has 0 aromatic heterocycles. The van der Waals surface area contributed by atoms with Gasteiger partial charge < -0.3 is 4.74 Å². The molecule has 96 valence electrons. The quantitative estimate of drug-likeness (QED) is 0.609. The van der Waals surface area contributed by atoms with Crippen molar-refractivity contribution in [3.05, 3.63) is 34.6 Å². The molecule has 0 aliphatic carbocycles. The Hall–Kier alpha value is -0.680. The Bertz CT molecular complexity index is 362. The van der Waals surface area contributed by atoms with Gasteiger partial charge in [0.25, 0.3) is 0 Å². The SMILES string of the molecule is COC(C)CC(Cc1ccc(Cl)c(F)c1)NN. The van der Waals surface area contributed by atoms with Crippen molar-refractivity contribution >= 4 is 11.6 Å². The third-order valence-electron chi connectivity index (χ3n) is 2.72. The Morgan fingerprint density at radius 1 is 1.53 bits per heavy atom. The van der Waals surface area contributed by atoms with E-state index in [4.69, 9.17) is 22.2 Å². The molecule has 2 unspecified atom stereocenters. The Morgan fingerprint density at radius 3 is 2.76 bits per heavy atom. The number of methoxy groups -OCH3 is 1. The van der Waals surface area contributed by atoms with Crippen LogP contribution in [0.3, 0.4) is 0 Å². The van der Waals surface area contributed by atoms with Crippen LogP contribution in [0.2, 0.25) is 5.02 Å². The molecule has 0 radical (unpaired) electrons. The highest BCUT2D eigenvalue weighted by Crippen LogP contribution is 2.17. The summed E-state index contributed by atoms with van der Waals surface area (Å²) in [6, 6.07) is 4.84. The fourth-order valence-corrected chi connectivity index (χ4v) is 1.78. The first kappa shape index (κ1) is 14.4. The van der Waals surface area contributed by atoms with E-state index in [-0.39, 0.29) is 17.2 Å². The van der Waals surface area contributed by atoms with Crippen LogP contribution in [-0.2, 0) is 11.2 Å². The third kappa shape index (κ3) is 4.60. The van der Waals surface area contributed by atoms with Crippen LogP contribution >= 0.6 is 11.6 Å². The van der Waals surface area contributed by atoms with Gasteiger partial charge in [0.05, 0.1) is 11.1 Å². The fourth-order valence-electron chi connectivity index (χ4n) is 1.66. The average molecular weight is 261 g/mol. The molecule has 0 saturated carbocycles. The lowest BCUT2D eigenvalue weighted by atomic mass is 10.0. The van der Waals surface area contributed by atoms with Crippen LogP contribution < -0.4 is 11.3 Å². The van der Waals surface area contributed by atoms with Crippen LogP contribution in [0, 0.1) is 5.82 Å². The molecule has 0 aliphatic rings. The predicted octanol–water partition coefficient (Wildman–Crippen LogP) is 2.28. The highest BCUT2D eigenvalue weighted by atomic mass is 35.5. The van der Waals surface area contributed by atoms with E-state index in [1.807, 2.05) is 6.92 Å². The van der Waals surface area contributed by atoms with Crippen molar-refractivity contribution in [3.8, 4) is 0 Å². The molecule has 0 aliphatic heterocycles. The summed E-state index contributed by atoms with van der Waals surface area (Å²) in [6.45, 7) is 1.97. The van der Waals surface area contributed by atoms with Gasteiger partial charge in [0.1, 0.15) is 5.82 Å². The molecular formula is C12H18ClFN2O. The maximum Gasteiger partial charge on any atom is 0.142 e. The van der Waals surface area contributed by atoms with Gasteiger partial charge in [-0.1, -0.05) is 17.7 Å². The number of halogens is 2. The number of hydrogen-bond donors (Lipinski definition) is 2. The lowest BCUT2D eigenvalue weighted by molar-refractivity contribution is 0.100. The molecule has 3 nitrogen and oxygen atoms in total. The van der Waals surface area contributed by atoms with E-state index in [0.29, 0.717) is 6.42 Å². The summed E-state index contributed by atoms with van der Waals surface area (Å²) >= 11 is 5.62. The Balaban J connectivity index is 2.63. The van der Waals surface area contributed by atoms with Gasteiger partial charge >= 0.3 is 0 Å².